The molecule has 1 heterocycles. The molecule has 0 aliphatic carbocycles. The van der Waals surface area contributed by atoms with E-state index in [0.29, 0.717) is 24.7 Å². The molecular weight excluding hydrogens is 306 g/mol. The molecule has 1 fully saturated rings. The first-order chi connectivity index (χ1) is 11.7. The summed E-state index contributed by atoms with van der Waals surface area (Å²) in [5, 5.41) is 2.75. The van der Waals surface area contributed by atoms with Crippen LogP contribution in [0.2, 0.25) is 0 Å². The Kier molecular flexibility index (Phi) is 7.71. The molecule has 0 aromatic heterocycles. The molecule has 0 bridgehead atoms. The number of nitrogens with one attached hydrogen (secondary N) is 1. The van der Waals surface area contributed by atoms with Crippen molar-refractivity contribution in [2.75, 3.05) is 46.0 Å². The molecule has 0 saturated carbocycles. The fourth-order valence-corrected chi connectivity index (χ4v) is 2.43. The summed E-state index contributed by atoms with van der Waals surface area (Å²) in [5.74, 6) is -0.199. The van der Waals surface area contributed by atoms with E-state index < -0.39 is 0 Å². The van der Waals surface area contributed by atoms with Crippen molar-refractivity contribution in [3.8, 4) is 0 Å². The van der Waals surface area contributed by atoms with Crippen molar-refractivity contribution in [3.05, 3.63) is 35.4 Å². The number of hydrogen-bond donors (Lipinski definition) is 1. The number of rotatable bonds is 6. The summed E-state index contributed by atoms with van der Waals surface area (Å²) in [6, 6.07) is 7.72. The molecule has 1 aromatic carbocycles. The number of ether oxygens (including phenoxy) is 2. The first kappa shape index (κ1) is 18.4. The van der Waals surface area contributed by atoms with Gasteiger partial charge in [0.15, 0.2) is 0 Å². The van der Waals surface area contributed by atoms with Crippen LogP contribution in [-0.2, 0) is 9.47 Å². The van der Waals surface area contributed by atoms with Crippen LogP contribution in [0.25, 0.3) is 0 Å². The zero-order chi connectivity index (χ0) is 17.2. The number of aryl methyl sites for hydroxylation is 1. The third-order valence-corrected chi connectivity index (χ3v) is 3.81. The van der Waals surface area contributed by atoms with Crippen LogP contribution >= 0.6 is 0 Å². The Morgan fingerprint density at radius 2 is 2.00 bits per heavy atom. The summed E-state index contributed by atoms with van der Waals surface area (Å²) in [6.45, 7) is 9.51. The minimum absolute atomic E-state index is 0.199. The van der Waals surface area contributed by atoms with Crippen LogP contribution in [0.15, 0.2) is 29.3 Å². The quantitative estimate of drug-likeness (QED) is 0.490. The maximum atomic E-state index is 12.2. The van der Waals surface area contributed by atoms with Gasteiger partial charge < -0.3 is 9.47 Å². The molecule has 24 heavy (non-hydrogen) atoms. The second-order valence-corrected chi connectivity index (χ2v) is 5.75. The van der Waals surface area contributed by atoms with Crippen molar-refractivity contribution >= 4 is 11.9 Å². The second kappa shape index (κ2) is 10.1. The van der Waals surface area contributed by atoms with Crippen LogP contribution in [0, 0.1) is 6.92 Å². The van der Waals surface area contributed by atoms with E-state index in [9.17, 15) is 4.79 Å². The number of carbonyl (C=O) groups is 1. The van der Waals surface area contributed by atoms with Gasteiger partial charge in [-0.05, 0) is 32.4 Å². The molecule has 1 saturated heterocycles. The Bertz CT molecular complexity index is 537. The lowest BCUT2D eigenvalue weighted by atomic mass is 10.1. The number of aliphatic imine (C=N–C) groups is 1. The molecule has 132 valence electrons. The summed E-state index contributed by atoms with van der Waals surface area (Å²) < 4.78 is 10.8. The van der Waals surface area contributed by atoms with Crippen LogP contribution < -0.4 is 5.32 Å². The molecule has 1 N–H and O–H groups in total. The number of morpholine rings is 1. The van der Waals surface area contributed by atoms with Gasteiger partial charge in [0.1, 0.15) is 0 Å². The van der Waals surface area contributed by atoms with Crippen LogP contribution in [0.1, 0.15) is 29.3 Å². The van der Waals surface area contributed by atoms with Crippen LogP contribution in [-0.4, -0.2) is 62.8 Å². The third-order valence-electron chi connectivity index (χ3n) is 3.81. The lowest BCUT2D eigenvalue weighted by Crippen LogP contribution is -2.37. The number of benzene rings is 1. The van der Waals surface area contributed by atoms with Crippen LogP contribution in [0.3, 0.4) is 0 Å². The Hall–Kier alpha value is -1.92. The highest BCUT2D eigenvalue weighted by Crippen LogP contribution is 2.03. The highest BCUT2D eigenvalue weighted by Gasteiger charge is 2.11. The number of nitrogens with zero attached hydrogens (tertiary/aromatic N) is 2. The molecule has 1 aliphatic rings. The fourth-order valence-electron chi connectivity index (χ4n) is 2.43. The van der Waals surface area contributed by atoms with Gasteiger partial charge in [0.25, 0.3) is 11.9 Å². The highest BCUT2D eigenvalue weighted by atomic mass is 16.5. The normalized spacial score (nSPS) is 16.0. The highest BCUT2D eigenvalue weighted by molar-refractivity contribution is 6.04. The topological polar surface area (TPSA) is 63.2 Å². The molecule has 0 spiro atoms. The lowest BCUT2D eigenvalue weighted by Gasteiger charge is -2.26. The molecule has 1 amide bonds. The molecule has 0 radical (unpaired) electrons. The van der Waals surface area contributed by atoms with Gasteiger partial charge >= 0.3 is 0 Å². The largest absolute Gasteiger partial charge is 0.465 e. The lowest BCUT2D eigenvalue weighted by molar-refractivity contribution is 0.0377. The van der Waals surface area contributed by atoms with Crippen molar-refractivity contribution in [1.29, 1.82) is 0 Å². The summed E-state index contributed by atoms with van der Waals surface area (Å²) in [4.78, 5) is 19.0. The Balaban J connectivity index is 1.81. The number of amides is 1. The summed E-state index contributed by atoms with van der Waals surface area (Å²) in [7, 11) is 0. The zero-order valence-electron chi connectivity index (χ0n) is 14.6. The molecule has 0 atom stereocenters. The van der Waals surface area contributed by atoms with Gasteiger partial charge in [-0.25, -0.2) is 4.99 Å². The van der Waals surface area contributed by atoms with E-state index in [1.807, 2.05) is 26.0 Å². The van der Waals surface area contributed by atoms with Crippen LogP contribution in [0.4, 0.5) is 0 Å². The van der Waals surface area contributed by atoms with E-state index in [2.05, 4.69) is 15.2 Å². The van der Waals surface area contributed by atoms with Gasteiger partial charge in [-0.3, -0.25) is 15.0 Å². The average Bonchev–Trinajstić information content (AvgIpc) is 2.60. The number of amidine groups is 1. The predicted octanol–water partition coefficient (Wildman–Crippen LogP) is 1.84. The molecule has 1 aliphatic heterocycles. The molecule has 2 rings (SSSR count). The zero-order valence-corrected chi connectivity index (χ0v) is 14.6. The van der Waals surface area contributed by atoms with Gasteiger partial charge in [-0.1, -0.05) is 17.7 Å². The second-order valence-electron chi connectivity index (χ2n) is 5.75. The van der Waals surface area contributed by atoms with E-state index in [0.717, 1.165) is 44.8 Å². The van der Waals surface area contributed by atoms with Crippen molar-refractivity contribution < 1.29 is 14.3 Å². The summed E-state index contributed by atoms with van der Waals surface area (Å²) >= 11 is 0. The number of carbonyl (C=O) groups excluding carboxylic acids is 1. The van der Waals surface area contributed by atoms with Crippen molar-refractivity contribution in [3.63, 3.8) is 0 Å². The first-order valence-corrected chi connectivity index (χ1v) is 8.54. The van der Waals surface area contributed by atoms with E-state index in [4.69, 9.17) is 9.47 Å². The molecule has 0 unspecified atom stereocenters. The van der Waals surface area contributed by atoms with Gasteiger partial charge in [0.05, 0.1) is 19.8 Å². The van der Waals surface area contributed by atoms with E-state index in [-0.39, 0.29) is 5.91 Å². The molecular formula is C18H27N3O3. The summed E-state index contributed by atoms with van der Waals surface area (Å²) in [5.41, 5.74) is 1.72. The van der Waals surface area contributed by atoms with Crippen molar-refractivity contribution in [1.82, 2.24) is 10.2 Å². The first-order valence-electron chi connectivity index (χ1n) is 8.54. The van der Waals surface area contributed by atoms with Crippen LogP contribution in [0.5, 0.6) is 0 Å². The van der Waals surface area contributed by atoms with Gasteiger partial charge in [0, 0.05) is 31.7 Å². The molecule has 6 nitrogen and oxygen atoms in total. The van der Waals surface area contributed by atoms with Crippen molar-refractivity contribution in [2.24, 2.45) is 4.99 Å². The fraction of sp³-hybridized carbons (Fsp3) is 0.556. The molecule has 6 heteroatoms. The summed E-state index contributed by atoms with van der Waals surface area (Å²) in [6.07, 6.45) is 0.928. The minimum atomic E-state index is -0.199. The van der Waals surface area contributed by atoms with Gasteiger partial charge in [-0.15, -0.1) is 0 Å². The van der Waals surface area contributed by atoms with Crippen molar-refractivity contribution in [2.45, 2.75) is 20.3 Å². The van der Waals surface area contributed by atoms with E-state index in [1.54, 1.807) is 12.1 Å². The Morgan fingerprint density at radius 1 is 1.29 bits per heavy atom. The van der Waals surface area contributed by atoms with E-state index >= 15 is 0 Å². The minimum Gasteiger partial charge on any atom is -0.465 e. The smallest absolute Gasteiger partial charge is 0.291 e. The number of hydrogen-bond acceptors (Lipinski definition) is 5. The monoisotopic (exact) mass is 333 g/mol. The van der Waals surface area contributed by atoms with E-state index in [1.165, 1.54) is 0 Å². The standard InChI is InChI=1S/C18H27N3O3/c1-3-24-18(19-9-4-10-21-11-13-23-14-12-21)20-17(22)16-7-5-15(2)6-8-16/h5-8H,3-4,9-14H2,1-2H3,(H,19,20,22). The maximum absolute atomic E-state index is 12.2. The molecule has 1 aromatic rings. The Morgan fingerprint density at radius 3 is 2.67 bits per heavy atom. The third kappa shape index (κ3) is 6.29. The SMILES string of the molecule is CCOC(=NCCCN1CCOCC1)NC(=O)c1ccc(C)cc1. The average molecular weight is 333 g/mol. The predicted molar refractivity (Wildman–Crippen MR) is 94.4 cm³/mol. The van der Waals surface area contributed by atoms with Gasteiger partial charge in [0.2, 0.25) is 0 Å². The maximum Gasteiger partial charge on any atom is 0.291 e. The van der Waals surface area contributed by atoms with Gasteiger partial charge in [-0.2, -0.15) is 0 Å². The Labute approximate surface area is 143 Å².